The summed E-state index contributed by atoms with van der Waals surface area (Å²) >= 11 is 0. The standard InChI is InChI=1S/C15H18FN3/c16-12-9-11(10-17)4-5-13(12)18-14-6-8-19-7-2-1-3-15(14)19/h4-5,9,14-15,18H,1-3,6-8H2. The van der Waals surface area contributed by atoms with Gasteiger partial charge in [0.05, 0.1) is 17.3 Å². The Hall–Kier alpha value is -1.60. The van der Waals surface area contributed by atoms with E-state index in [1.807, 2.05) is 6.07 Å². The van der Waals surface area contributed by atoms with Crippen molar-refractivity contribution in [1.29, 1.82) is 5.26 Å². The zero-order valence-electron chi connectivity index (χ0n) is 10.9. The van der Waals surface area contributed by atoms with Gasteiger partial charge in [0, 0.05) is 18.6 Å². The highest BCUT2D eigenvalue weighted by Gasteiger charge is 2.35. The summed E-state index contributed by atoms with van der Waals surface area (Å²) < 4.78 is 13.9. The van der Waals surface area contributed by atoms with Crippen LogP contribution in [0.4, 0.5) is 10.1 Å². The van der Waals surface area contributed by atoms with Crippen molar-refractivity contribution in [3.05, 3.63) is 29.6 Å². The largest absolute Gasteiger partial charge is 0.378 e. The summed E-state index contributed by atoms with van der Waals surface area (Å²) in [6.45, 7) is 2.29. The predicted molar refractivity (Wildman–Crippen MR) is 72.4 cm³/mol. The molecule has 19 heavy (non-hydrogen) atoms. The average molecular weight is 259 g/mol. The maximum Gasteiger partial charge on any atom is 0.147 e. The molecule has 100 valence electrons. The van der Waals surface area contributed by atoms with E-state index in [1.54, 1.807) is 12.1 Å². The fraction of sp³-hybridized carbons (Fsp3) is 0.533. The zero-order valence-corrected chi connectivity index (χ0v) is 10.9. The van der Waals surface area contributed by atoms with Crippen LogP contribution in [0.1, 0.15) is 31.2 Å². The van der Waals surface area contributed by atoms with Crippen LogP contribution >= 0.6 is 0 Å². The predicted octanol–water partition coefficient (Wildman–Crippen LogP) is 2.74. The first kappa shape index (κ1) is 12.4. The number of nitrogens with zero attached hydrogens (tertiary/aromatic N) is 2. The molecule has 2 fully saturated rings. The normalized spacial score (nSPS) is 26.7. The molecule has 1 aromatic carbocycles. The molecule has 4 heteroatoms. The lowest BCUT2D eigenvalue weighted by Gasteiger charge is -2.33. The second kappa shape index (κ2) is 5.18. The van der Waals surface area contributed by atoms with Crippen molar-refractivity contribution in [3.8, 4) is 6.07 Å². The molecule has 2 aliphatic rings. The first-order valence-corrected chi connectivity index (χ1v) is 6.98. The van der Waals surface area contributed by atoms with Crippen molar-refractivity contribution in [3.63, 3.8) is 0 Å². The number of hydrogen-bond acceptors (Lipinski definition) is 3. The van der Waals surface area contributed by atoms with Crippen LogP contribution in [-0.2, 0) is 0 Å². The summed E-state index contributed by atoms with van der Waals surface area (Å²) in [6.07, 6.45) is 4.84. The molecular formula is C15H18FN3. The molecule has 3 rings (SSSR count). The van der Waals surface area contributed by atoms with Gasteiger partial charge in [-0.05, 0) is 44.0 Å². The molecule has 0 radical (unpaired) electrons. The molecule has 0 spiro atoms. The molecule has 2 atom stereocenters. The Kier molecular flexibility index (Phi) is 3.39. The summed E-state index contributed by atoms with van der Waals surface area (Å²) in [6, 6.07) is 7.49. The van der Waals surface area contributed by atoms with Crippen LogP contribution < -0.4 is 5.32 Å². The van der Waals surface area contributed by atoms with Crippen molar-refractivity contribution in [2.75, 3.05) is 18.4 Å². The number of anilines is 1. The van der Waals surface area contributed by atoms with Gasteiger partial charge in [-0.25, -0.2) is 4.39 Å². The lowest BCUT2D eigenvalue weighted by Crippen LogP contribution is -2.41. The van der Waals surface area contributed by atoms with Crippen molar-refractivity contribution in [2.45, 2.75) is 37.8 Å². The maximum absolute atomic E-state index is 13.9. The van der Waals surface area contributed by atoms with Gasteiger partial charge in [0.2, 0.25) is 0 Å². The van der Waals surface area contributed by atoms with Crippen LogP contribution in [0.5, 0.6) is 0 Å². The molecule has 0 bridgehead atoms. The lowest BCUT2D eigenvalue weighted by atomic mass is 9.99. The first-order valence-electron chi connectivity index (χ1n) is 6.98. The third kappa shape index (κ3) is 2.43. The Morgan fingerprint density at radius 1 is 1.26 bits per heavy atom. The SMILES string of the molecule is N#Cc1ccc(NC2CCN3CCCCC23)c(F)c1. The van der Waals surface area contributed by atoms with Gasteiger partial charge >= 0.3 is 0 Å². The third-order valence-electron chi connectivity index (χ3n) is 4.30. The smallest absolute Gasteiger partial charge is 0.147 e. The van der Waals surface area contributed by atoms with E-state index in [1.165, 1.54) is 31.9 Å². The van der Waals surface area contributed by atoms with Gasteiger partial charge in [-0.3, -0.25) is 4.90 Å². The van der Waals surface area contributed by atoms with E-state index in [2.05, 4.69) is 10.2 Å². The molecule has 3 nitrogen and oxygen atoms in total. The topological polar surface area (TPSA) is 39.1 Å². The minimum absolute atomic E-state index is 0.326. The summed E-state index contributed by atoms with van der Waals surface area (Å²) in [5.41, 5.74) is 0.894. The van der Waals surface area contributed by atoms with Gasteiger partial charge in [0.15, 0.2) is 0 Å². The van der Waals surface area contributed by atoms with Gasteiger partial charge in [0.1, 0.15) is 5.82 Å². The van der Waals surface area contributed by atoms with Gasteiger partial charge in [-0.15, -0.1) is 0 Å². The molecule has 2 aliphatic heterocycles. The Morgan fingerprint density at radius 3 is 2.95 bits per heavy atom. The van der Waals surface area contributed by atoms with Crippen LogP contribution in [0.15, 0.2) is 18.2 Å². The third-order valence-corrected chi connectivity index (χ3v) is 4.30. The van der Waals surface area contributed by atoms with Crippen molar-refractivity contribution >= 4 is 5.69 Å². The first-order chi connectivity index (χ1) is 9.28. The second-order valence-electron chi connectivity index (χ2n) is 5.45. The maximum atomic E-state index is 13.9. The zero-order chi connectivity index (χ0) is 13.2. The number of halogens is 1. The van der Waals surface area contributed by atoms with E-state index >= 15 is 0 Å². The Balaban J connectivity index is 1.73. The van der Waals surface area contributed by atoms with Gasteiger partial charge in [-0.2, -0.15) is 5.26 Å². The molecule has 0 saturated carbocycles. The quantitative estimate of drug-likeness (QED) is 0.887. The highest BCUT2D eigenvalue weighted by Crippen LogP contribution is 2.30. The summed E-state index contributed by atoms with van der Waals surface area (Å²) in [5.74, 6) is -0.326. The second-order valence-corrected chi connectivity index (χ2v) is 5.45. The summed E-state index contributed by atoms with van der Waals surface area (Å²) in [7, 11) is 0. The highest BCUT2D eigenvalue weighted by molar-refractivity contribution is 5.49. The Morgan fingerprint density at radius 2 is 2.16 bits per heavy atom. The monoisotopic (exact) mass is 259 g/mol. The van der Waals surface area contributed by atoms with E-state index in [4.69, 9.17) is 5.26 Å². The van der Waals surface area contributed by atoms with Crippen LogP contribution in [0, 0.1) is 17.1 Å². The number of nitrogens with one attached hydrogen (secondary N) is 1. The van der Waals surface area contributed by atoms with E-state index in [-0.39, 0.29) is 5.82 Å². The van der Waals surface area contributed by atoms with Crippen molar-refractivity contribution in [1.82, 2.24) is 4.90 Å². The molecule has 2 saturated heterocycles. The number of piperidine rings is 1. The molecule has 0 aromatic heterocycles. The molecule has 0 amide bonds. The Labute approximate surface area is 113 Å². The minimum atomic E-state index is -0.326. The van der Waals surface area contributed by atoms with E-state index in [0.29, 0.717) is 23.3 Å². The molecule has 1 N–H and O–H groups in total. The fourth-order valence-corrected chi connectivity index (χ4v) is 3.32. The van der Waals surface area contributed by atoms with Crippen LogP contribution in [0.25, 0.3) is 0 Å². The van der Waals surface area contributed by atoms with E-state index in [0.717, 1.165) is 13.0 Å². The van der Waals surface area contributed by atoms with Crippen molar-refractivity contribution < 1.29 is 4.39 Å². The van der Waals surface area contributed by atoms with Crippen LogP contribution in [0.2, 0.25) is 0 Å². The van der Waals surface area contributed by atoms with Gasteiger partial charge < -0.3 is 5.32 Å². The number of nitriles is 1. The van der Waals surface area contributed by atoms with Crippen LogP contribution in [-0.4, -0.2) is 30.1 Å². The van der Waals surface area contributed by atoms with E-state index in [9.17, 15) is 4.39 Å². The summed E-state index contributed by atoms with van der Waals surface area (Å²) in [4.78, 5) is 2.52. The number of benzene rings is 1. The molecule has 1 aromatic rings. The molecular weight excluding hydrogens is 241 g/mol. The molecule has 0 aliphatic carbocycles. The average Bonchev–Trinajstić information content (AvgIpc) is 2.84. The molecule has 2 heterocycles. The number of rotatable bonds is 2. The lowest BCUT2D eigenvalue weighted by molar-refractivity contribution is 0.192. The van der Waals surface area contributed by atoms with Gasteiger partial charge in [-0.1, -0.05) is 6.42 Å². The number of hydrogen-bond donors (Lipinski definition) is 1. The number of fused-ring (bicyclic) bond motifs is 1. The summed E-state index contributed by atoms with van der Waals surface area (Å²) in [5, 5.41) is 12.1. The van der Waals surface area contributed by atoms with Crippen molar-refractivity contribution in [2.24, 2.45) is 0 Å². The molecule has 2 unspecified atom stereocenters. The highest BCUT2D eigenvalue weighted by atomic mass is 19.1. The van der Waals surface area contributed by atoms with Gasteiger partial charge in [0.25, 0.3) is 0 Å². The Bertz CT molecular complexity index is 509. The fourth-order valence-electron chi connectivity index (χ4n) is 3.32. The van der Waals surface area contributed by atoms with Crippen LogP contribution in [0.3, 0.4) is 0 Å². The van der Waals surface area contributed by atoms with E-state index < -0.39 is 0 Å². The minimum Gasteiger partial charge on any atom is -0.378 e.